The molecule has 2 heteroatoms. The molecule has 2 rings (SSSR count). The van der Waals surface area contributed by atoms with Crippen LogP contribution in [0.5, 0.6) is 0 Å². The van der Waals surface area contributed by atoms with Gasteiger partial charge in [0.15, 0.2) is 0 Å². The lowest BCUT2D eigenvalue weighted by Crippen LogP contribution is -1.90. The van der Waals surface area contributed by atoms with Crippen molar-refractivity contribution in [1.82, 2.24) is 0 Å². The molecule has 1 aliphatic heterocycles. The van der Waals surface area contributed by atoms with Crippen LogP contribution in [0.25, 0.3) is 0 Å². The first-order chi connectivity index (χ1) is 4.47. The summed E-state index contributed by atoms with van der Waals surface area (Å²) in [5.41, 5.74) is 2.77. The van der Waals surface area contributed by atoms with E-state index in [4.69, 9.17) is 0 Å². The fraction of sp³-hybridized carbons (Fsp3) is 0.250. The Bertz CT molecular complexity index is 199. The van der Waals surface area contributed by atoms with Crippen LogP contribution in [0.15, 0.2) is 24.3 Å². The first-order valence-electron chi connectivity index (χ1n) is 3.28. The summed E-state index contributed by atoms with van der Waals surface area (Å²) in [6.07, 6.45) is 1.19. The number of anilines is 1. The van der Waals surface area contributed by atoms with Crippen molar-refractivity contribution in [3.8, 4) is 0 Å². The van der Waals surface area contributed by atoms with E-state index in [1.54, 1.807) is 0 Å². The van der Waals surface area contributed by atoms with Crippen molar-refractivity contribution in [2.45, 2.75) is 6.42 Å². The Labute approximate surface area is 67.9 Å². The SMILES string of the molecule is S.c1ccc2c(c1)CCN2. The van der Waals surface area contributed by atoms with E-state index in [0.717, 1.165) is 6.54 Å². The fourth-order valence-corrected chi connectivity index (χ4v) is 1.24. The largest absolute Gasteiger partial charge is 0.384 e. The highest BCUT2D eigenvalue weighted by Crippen LogP contribution is 2.19. The van der Waals surface area contributed by atoms with Gasteiger partial charge in [0, 0.05) is 12.2 Å². The van der Waals surface area contributed by atoms with Gasteiger partial charge in [-0.3, -0.25) is 0 Å². The Morgan fingerprint density at radius 3 is 2.80 bits per heavy atom. The molecule has 0 bridgehead atoms. The van der Waals surface area contributed by atoms with Gasteiger partial charge in [-0.1, -0.05) is 18.2 Å². The van der Waals surface area contributed by atoms with Gasteiger partial charge in [0.05, 0.1) is 0 Å². The van der Waals surface area contributed by atoms with Crippen LogP contribution in [0.4, 0.5) is 5.69 Å². The molecule has 1 N–H and O–H groups in total. The second-order valence-corrected chi connectivity index (χ2v) is 2.33. The van der Waals surface area contributed by atoms with Gasteiger partial charge in [0.2, 0.25) is 0 Å². The highest BCUT2D eigenvalue weighted by Gasteiger charge is 2.05. The third-order valence-electron chi connectivity index (χ3n) is 1.73. The minimum atomic E-state index is 0. The molecular weight excluding hydrogens is 142 g/mol. The predicted octanol–water partition coefficient (Wildman–Crippen LogP) is 1.77. The summed E-state index contributed by atoms with van der Waals surface area (Å²) in [6.45, 7) is 1.11. The van der Waals surface area contributed by atoms with Crippen LogP contribution < -0.4 is 5.32 Å². The van der Waals surface area contributed by atoms with Crippen molar-refractivity contribution >= 4 is 19.2 Å². The van der Waals surface area contributed by atoms with Gasteiger partial charge >= 0.3 is 0 Å². The highest BCUT2D eigenvalue weighted by molar-refractivity contribution is 7.59. The summed E-state index contributed by atoms with van der Waals surface area (Å²) in [5, 5.41) is 3.30. The van der Waals surface area contributed by atoms with Crippen molar-refractivity contribution in [2.75, 3.05) is 11.9 Å². The molecule has 1 heterocycles. The van der Waals surface area contributed by atoms with Crippen molar-refractivity contribution < 1.29 is 0 Å². The first-order valence-corrected chi connectivity index (χ1v) is 3.28. The number of para-hydroxylation sites is 1. The van der Waals surface area contributed by atoms with Crippen LogP contribution >= 0.6 is 13.5 Å². The Balaban J connectivity index is 0.000000500. The Morgan fingerprint density at radius 1 is 1.20 bits per heavy atom. The number of benzene rings is 1. The monoisotopic (exact) mass is 153 g/mol. The number of hydrogen-bond donors (Lipinski definition) is 1. The Kier molecular flexibility index (Phi) is 2.22. The molecule has 0 saturated heterocycles. The van der Waals surface area contributed by atoms with E-state index in [-0.39, 0.29) is 13.5 Å². The lowest BCUT2D eigenvalue weighted by Gasteiger charge is -1.94. The van der Waals surface area contributed by atoms with Crippen molar-refractivity contribution in [1.29, 1.82) is 0 Å². The van der Waals surface area contributed by atoms with Gasteiger partial charge in [-0.05, 0) is 18.1 Å². The number of nitrogens with one attached hydrogen (secondary N) is 1. The molecule has 1 nitrogen and oxygen atoms in total. The second kappa shape index (κ2) is 2.97. The zero-order valence-corrected chi connectivity index (χ0v) is 6.72. The first kappa shape index (κ1) is 7.48. The van der Waals surface area contributed by atoms with Crippen molar-refractivity contribution in [3.05, 3.63) is 29.8 Å². The van der Waals surface area contributed by atoms with Gasteiger partial charge in [-0.25, -0.2) is 0 Å². The number of fused-ring (bicyclic) bond motifs is 1. The van der Waals surface area contributed by atoms with Gasteiger partial charge in [-0.15, -0.1) is 0 Å². The van der Waals surface area contributed by atoms with Gasteiger partial charge < -0.3 is 5.32 Å². The molecule has 0 unspecified atom stereocenters. The molecule has 1 aliphatic rings. The third kappa shape index (κ3) is 1.12. The normalized spacial score (nSPS) is 13.2. The maximum absolute atomic E-state index is 3.30. The molecule has 0 saturated carbocycles. The molecule has 10 heavy (non-hydrogen) atoms. The highest BCUT2D eigenvalue weighted by atomic mass is 32.1. The summed E-state index contributed by atoms with van der Waals surface area (Å²) in [7, 11) is 0. The van der Waals surface area contributed by atoms with Crippen molar-refractivity contribution in [2.24, 2.45) is 0 Å². The van der Waals surface area contributed by atoms with Gasteiger partial charge in [-0.2, -0.15) is 13.5 Å². The summed E-state index contributed by atoms with van der Waals surface area (Å²) < 4.78 is 0. The third-order valence-corrected chi connectivity index (χ3v) is 1.73. The van der Waals surface area contributed by atoms with E-state index in [2.05, 4.69) is 29.6 Å². The molecule has 0 fully saturated rings. The number of hydrogen-bond acceptors (Lipinski definition) is 1. The Hall–Kier alpha value is -0.630. The lowest BCUT2D eigenvalue weighted by molar-refractivity contribution is 1.11. The zero-order valence-electron chi connectivity index (χ0n) is 5.72. The van der Waals surface area contributed by atoms with E-state index in [0.29, 0.717) is 0 Å². The van der Waals surface area contributed by atoms with Crippen LogP contribution in [-0.2, 0) is 6.42 Å². The number of rotatable bonds is 0. The molecule has 0 aromatic heterocycles. The average Bonchev–Trinajstić information content (AvgIpc) is 2.33. The van der Waals surface area contributed by atoms with Crippen LogP contribution in [0, 0.1) is 0 Å². The van der Waals surface area contributed by atoms with E-state index in [9.17, 15) is 0 Å². The average molecular weight is 153 g/mol. The van der Waals surface area contributed by atoms with E-state index in [1.807, 2.05) is 0 Å². The molecule has 0 radical (unpaired) electrons. The van der Waals surface area contributed by atoms with Gasteiger partial charge in [0.1, 0.15) is 0 Å². The Morgan fingerprint density at radius 2 is 2.00 bits per heavy atom. The molecule has 0 atom stereocenters. The molecule has 0 spiro atoms. The summed E-state index contributed by atoms with van der Waals surface area (Å²) in [6, 6.07) is 8.46. The minimum absolute atomic E-state index is 0. The van der Waals surface area contributed by atoms with E-state index in [1.165, 1.54) is 17.7 Å². The van der Waals surface area contributed by atoms with Crippen LogP contribution in [-0.4, -0.2) is 6.54 Å². The summed E-state index contributed by atoms with van der Waals surface area (Å²) >= 11 is 0. The maximum Gasteiger partial charge on any atom is 0.0373 e. The molecule has 1 aromatic carbocycles. The standard InChI is InChI=1S/C8H9N.H2S/c1-2-4-8-7(3-1)5-6-9-8;/h1-4,9H,5-6H2;1H2. The maximum atomic E-state index is 3.30. The smallest absolute Gasteiger partial charge is 0.0373 e. The quantitative estimate of drug-likeness (QED) is 0.599. The molecule has 0 amide bonds. The summed E-state index contributed by atoms with van der Waals surface area (Å²) in [5.74, 6) is 0. The zero-order chi connectivity index (χ0) is 6.10. The van der Waals surface area contributed by atoms with Crippen molar-refractivity contribution in [3.63, 3.8) is 0 Å². The topological polar surface area (TPSA) is 12.0 Å². The lowest BCUT2D eigenvalue weighted by atomic mass is 10.2. The molecule has 54 valence electrons. The summed E-state index contributed by atoms with van der Waals surface area (Å²) in [4.78, 5) is 0. The molecule has 1 aromatic rings. The van der Waals surface area contributed by atoms with E-state index < -0.39 is 0 Å². The van der Waals surface area contributed by atoms with Crippen LogP contribution in [0.2, 0.25) is 0 Å². The van der Waals surface area contributed by atoms with Gasteiger partial charge in [0.25, 0.3) is 0 Å². The minimum Gasteiger partial charge on any atom is -0.384 e. The molecular formula is C8H11NS. The van der Waals surface area contributed by atoms with Crippen LogP contribution in [0.3, 0.4) is 0 Å². The van der Waals surface area contributed by atoms with E-state index >= 15 is 0 Å². The van der Waals surface area contributed by atoms with Crippen LogP contribution in [0.1, 0.15) is 5.56 Å². The predicted molar refractivity (Wildman–Crippen MR) is 49.0 cm³/mol. The fourth-order valence-electron chi connectivity index (χ4n) is 1.24. The second-order valence-electron chi connectivity index (χ2n) is 2.33. The molecule has 0 aliphatic carbocycles.